The van der Waals surface area contributed by atoms with Gasteiger partial charge in [0.05, 0.1) is 5.02 Å². The van der Waals surface area contributed by atoms with Gasteiger partial charge >= 0.3 is 0 Å². The Morgan fingerprint density at radius 3 is 2.37 bits per heavy atom. The highest BCUT2D eigenvalue weighted by molar-refractivity contribution is 6.36. The summed E-state index contributed by atoms with van der Waals surface area (Å²) in [7, 11) is 0. The van der Waals surface area contributed by atoms with Gasteiger partial charge in [0, 0.05) is 21.9 Å². The number of fused-ring (bicyclic) bond motifs is 3. The van der Waals surface area contributed by atoms with Crippen molar-refractivity contribution in [3.05, 3.63) is 77.6 Å². The Labute approximate surface area is 160 Å². The van der Waals surface area contributed by atoms with E-state index in [-0.39, 0.29) is 0 Å². The summed E-state index contributed by atoms with van der Waals surface area (Å²) in [5.74, 6) is 1.92. The normalized spacial score (nSPS) is 11.3. The highest BCUT2D eigenvalue weighted by Crippen LogP contribution is 2.39. The number of furan rings is 1. The minimum atomic E-state index is 0.569. The molecule has 0 aliphatic carbocycles. The number of aromatic nitrogens is 3. The second kappa shape index (κ2) is 6.18. The van der Waals surface area contributed by atoms with Gasteiger partial charge in [0.25, 0.3) is 0 Å². The molecule has 0 saturated carbocycles. The summed E-state index contributed by atoms with van der Waals surface area (Å²) in [6.45, 7) is 1.87. The zero-order valence-corrected chi connectivity index (χ0v) is 15.2. The quantitative estimate of drug-likeness (QED) is 0.378. The van der Waals surface area contributed by atoms with E-state index in [9.17, 15) is 0 Å². The molecular formula is C22H14ClN3O. The SMILES string of the molecule is Cc1nc(-c2ccccc2)nc(-c2ccc(Cl)c3oc4ccccc4c23)n1. The smallest absolute Gasteiger partial charge is 0.164 e. The number of nitrogens with zero attached hydrogens (tertiary/aromatic N) is 3. The van der Waals surface area contributed by atoms with Crippen LogP contribution in [0.1, 0.15) is 5.82 Å². The Balaban J connectivity index is 1.82. The molecule has 0 N–H and O–H groups in total. The van der Waals surface area contributed by atoms with Crippen molar-refractivity contribution >= 4 is 33.5 Å². The minimum absolute atomic E-state index is 0.569. The van der Waals surface area contributed by atoms with E-state index in [4.69, 9.17) is 21.0 Å². The molecule has 2 aromatic heterocycles. The molecule has 0 aliphatic rings. The number of hydrogen-bond acceptors (Lipinski definition) is 4. The molecule has 4 nitrogen and oxygen atoms in total. The monoisotopic (exact) mass is 371 g/mol. The number of hydrogen-bond donors (Lipinski definition) is 0. The molecular weight excluding hydrogens is 358 g/mol. The van der Waals surface area contributed by atoms with Gasteiger partial charge in [-0.25, -0.2) is 15.0 Å². The first-order valence-corrected chi connectivity index (χ1v) is 8.97. The Morgan fingerprint density at radius 2 is 1.52 bits per heavy atom. The Kier molecular flexibility index (Phi) is 3.66. The number of rotatable bonds is 2. The molecule has 0 unspecified atom stereocenters. The van der Waals surface area contributed by atoms with Crippen molar-refractivity contribution in [1.29, 1.82) is 0 Å². The van der Waals surface area contributed by atoms with Gasteiger partial charge in [-0.3, -0.25) is 0 Å². The summed E-state index contributed by atoms with van der Waals surface area (Å²) in [5, 5.41) is 2.48. The molecule has 130 valence electrons. The maximum atomic E-state index is 6.40. The van der Waals surface area contributed by atoms with E-state index in [1.165, 1.54) is 0 Å². The molecule has 5 heteroatoms. The number of halogens is 1. The molecule has 0 aliphatic heterocycles. The molecule has 0 spiro atoms. The van der Waals surface area contributed by atoms with Crippen LogP contribution >= 0.6 is 11.6 Å². The van der Waals surface area contributed by atoms with Gasteiger partial charge in [-0.2, -0.15) is 0 Å². The summed E-state index contributed by atoms with van der Waals surface area (Å²) in [5.41, 5.74) is 3.26. The lowest BCUT2D eigenvalue weighted by Crippen LogP contribution is -1.99. The van der Waals surface area contributed by atoms with E-state index < -0.39 is 0 Å². The van der Waals surface area contributed by atoms with Crippen molar-refractivity contribution in [1.82, 2.24) is 15.0 Å². The lowest BCUT2D eigenvalue weighted by molar-refractivity contribution is 0.669. The van der Waals surface area contributed by atoms with Crippen molar-refractivity contribution < 1.29 is 4.42 Å². The van der Waals surface area contributed by atoms with Crippen molar-refractivity contribution in [2.24, 2.45) is 0 Å². The van der Waals surface area contributed by atoms with Crippen LogP contribution in [-0.4, -0.2) is 15.0 Å². The van der Waals surface area contributed by atoms with Crippen LogP contribution in [0, 0.1) is 6.92 Å². The number of aryl methyl sites for hydroxylation is 1. The van der Waals surface area contributed by atoms with Crippen molar-refractivity contribution in [3.8, 4) is 22.8 Å². The summed E-state index contributed by atoms with van der Waals surface area (Å²) in [6.07, 6.45) is 0. The van der Waals surface area contributed by atoms with Gasteiger partial charge < -0.3 is 4.42 Å². The molecule has 0 atom stereocenters. The first kappa shape index (κ1) is 16.0. The van der Waals surface area contributed by atoms with Crippen LogP contribution in [-0.2, 0) is 0 Å². The van der Waals surface area contributed by atoms with Crippen LogP contribution in [0.25, 0.3) is 44.7 Å². The van der Waals surface area contributed by atoms with E-state index in [0.717, 1.165) is 27.5 Å². The Bertz CT molecular complexity index is 1300. The van der Waals surface area contributed by atoms with Crippen LogP contribution in [0.3, 0.4) is 0 Å². The van der Waals surface area contributed by atoms with E-state index in [0.29, 0.717) is 28.1 Å². The summed E-state index contributed by atoms with van der Waals surface area (Å²) < 4.78 is 5.99. The van der Waals surface area contributed by atoms with Gasteiger partial charge in [-0.05, 0) is 25.1 Å². The van der Waals surface area contributed by atoms with Crippen molar-refractivity contribution in [2.75, 3.05) is 0 Å². The van der Waals surface area contributed by atoms with Gasteiger partial charge in [-0.1, -0.05) is 60.1 Å². The highest BCUT2D eigenvalue weighted by Gasteiger charge is 2.18. The van der Waals surface area contributed by atoms with Crippen LogP contribution in [0.4, 0.5) is 0 Å². The second-order valence-electron chi connectivity index (χ2n) is 6.29. The Morgan fingerprint density at radius 1 is 0.778 bits per heavy atom. The van der Waals surface area contributed by atoms with Gasteiger partial charge in [0.1, 0.15) is 11.4 Å². The predicted octanol–water partition coefficient (Wildman–Crippen LogP) is 6.07. The van der Waals surface area contributed by atoms with Gasteiger partial charge in [0.15, 0.2) is 17.2 Å². The first-order chi connectivity index (χ1) is 13.2. The first-order valence-electron chi connectivity index (χ1n) is 8.59. The zero-order valence-electron chi connectivity index (χ0n) is 14.5. The van der Waals surface area contributed by atoms with E-state index in [1.807, 2.05) is 73.7 Å². The van der Waals surface area contributed by atoms with E-state index in [2.05, 4.69) is 9.97 Å². The fraction of sp³-hybridized carbons (Fsp3) is 0.0455. The van der Waals surface area contributed by atoms with Crippen LogP contribution in [0.5, 0.6) is 0 Å². The predicted molar refractivity (Wildman–Crippen MR) is 108 cm³/mol. The maximum Gasteiger partial charge on any atom is 0.164 e. The minimum Gasteiger partial charge on any atom is -0.454 e. The topological polar surface area (TPSA) is 51.8 Å². The van der Waals surface area contributed by atoms with Crippen LogP contribution in [0.2, 0.25) is 5.02 Å². The molecule has 0 bridgehead atoms. The molecule has 2 heterocycles. The summed E-state index contributed by atoms with van der Waals surface area (Å²) >= 11 is 6.40. The molecule has 0 saturated heterocycles. The molecule has 0 radical (unpaired) electrons. The van der Waals surface area contributed by atoms with Crippen LogP contribution in [0.15, 0.2) is 71.1 Å². The average Bonchev–Trinajstić information content (AvgIpc) is 3.09. The lowest BCUT2D eigenvalue weighted by Gasteiger charge is -2.07. The number of para-hydroxylation sites is 1. The summed E-state index contributed by atoms with van der Waals surface area (Å²) in [4.78, 5) is 13.8. The van der Waals surface area contributed by atoms with E-state index in [1.54, 1.807) is 0 Å². The van der Waals surface area contributed by atoms with Gasteiger partial charge in [0.2, 0.25) is 0 Å². The zero-order chi connectivity index (χ0) is 18.4. The molecule has 5 aromatic rings. The maximum absolute atomic E-state index is 6.40. The molecule has 0 fully saturated rings. The van der Waals surface area contributed by atoms with E-state index >= 15 is 0 Å². The van der Waals surface area contributed by atoms with Crippen LogP contribution < -0.4 is 0 Å². The Hall–Kier alpha value is -3.24. The lowest BCUT2D eigenvalue weighted by atomic mass is 10.1. The molecule has 3 aromatic carbocycles. The standard InChI is InChI=1S/C22H14ClN3O/c1-13-24-21(14-7-3-2-4-8-14)26-22(25-13)16-11-12-17(23)20-19(16)15-9-5-6-10-18(15)27-20/h2-12H,1H3. The third kappa shape index (κ3) is 2.66. The molecule has 27 heavy (non-hydrogen) atoms. The largest absolute Gasteiger partial charge is 0.454 e. The third-order valence-corrected chi connectivity index (χ3v) is 4.80. The summed E-state index contributed by atoms with van der Waals surface area (Å²) in [6, 6.07) is 21.5. The highest BCUT2D eigenvalue weighted by atomic mass is 35.5. The number of benzene rings is 3. The van der Waals surface area contributed by atoms with Gasteiger partial charge in [-0.15, -0.1) is 0 Å². The fourth-order valence-corrected chi connectivity index (χ4v) is 3.50. The second-order valence-corrected chi connectivity index (χ2v) is 6.70. The van der Waals surface area contributed by atoms with Crippen molar-refractivity contribution in [3.63, 3.8) is 0 Å². The van der Waals surface area contributed by atoms with Crippen molar-refractivity contribution in [2.45, 2.75) is 6.92 Å². The molecule has 5 rings (SSSR count). The molecule has 0 amide bonds. The third-order valence-electron chi connectivity index (χ3n) is 4.50. The fourth-order valence-electron chi connectivity index (χ4n) is 3.30. The average molecular weight is 372 g/mol.